The summed E-state index contributed by atoms with van der Waals surface area (Å²) in [6.07, 6.45) is 3.31. The van der Waals surface area contributed by atoms with E-state index in [0.29, 0.717) is 6.04 Å². The third-order valence-electron chi connectivity index (χ3n) is 3.84. The number of hydrogen-bond acceptors (Lipinski definition) is 2. The summed E-state index contributed by atoms with van der Waals surface area (Å²) in [5.41, 5.74) is 2.11. The summed E-state index contributed by atoms with van der Waals surface area (Å²) >= 11 is 0. The zero-order valence-corrected chi connectivity index (χ0v) is 11.2. The van der Waals surface area contributed by atoms with E-state index in [1.54, 1.807) is 0 Å². The molecule has 2 aliphatic rings. The second-order valence-electron chi connectivity index (χ2n) is 4.91. The highest BCUT2D eigenvalue weighted by molar-refractivity contribution is 5.96. The average molecular weight is 267 g/mol. The van der Waals surface area contributed by atoms with E-state index in [4.69, 9.17) is 0 Å². The average Bonchev–Trinajstić information content (AvgIpc) is 2.40. The predicted octanol–water partition coefficient (Wildman–Crippen LogP) is 1.86. The second kappa shape index (κ2) is 5.72. The summed E-state index contributed by atoms with van der Waals surface area (Å²) in [7, 11) is 0. The van der Waals surface area contributed by atoms with Gasteiger partial charge in [0, 0.05) is 24.7 Å². The third-order valence-corrected chi connectivity index (χ3v) is 3.84. The molecule has 0 unspecified atom stereocenters. The van der Waals surface area contributed by atoms with E-state index in [2.05, 4.69) is 16.3 Å². The van der Waals surface area contributed by atoms with Crippen molar-refractivity contribution in [3.8, 4) is 0 Å². The normalized spacial score (nSPS) is 23.2. The standard InChI is InChI=1S/C14H18N2O.ClH/c17-14-13-6-2-1-4-11(13)7-9-16(14)12-5-3-8-15-10-12;/h1-2,4,6,12,15H,3,5,7-10H2;1H/t12-;/m1./s1. The van der Waals surface area contributed by atoms with Crippen molar-refractivity contribution in [2.45, 2.75) is 25.3 Å². The van der Waals surface area contributed by atoms with Crippen molar-refractivity contribution in [1.82, 2.24) is 10.2 Å². The maximum atomic E-state index is 12.4. The van der Waals surface area contributed by atoms with E-state index in [-0.39, 0.29) is 18.3 Å². The van der Waals surface area contributed by atoms with Crippen molar-refractivity contribution in [3.63, 3.8) is 0 Å². The Kier molecular flexibility index (Phi) is 4.25. The molecular formula is C14H19ClN2O. The molecule has 98 valence electrons. The number of piperidine rings is 1. The van der Waals surface area contributed by atoms with Gasteiger partial charge in [0.15, 0.2) is 0 Å². The summed E-state index contributed by atoms with van der Waals surface area (Å²) in [4.78, 5) is 14.5. The molecule has 1 N–H and O–H groups in total. The lowest BCUT2D eigenvalue weighted by molar-refractivity contribution is 0.0630. The van der Waals surface area contributed by atoms with E-state index in [0.717, 1.165) is 38.0 Å². The minimum Gasteiger partial charge on any atom is -0.334 e. The molecule has 1 aromatic carbocycles. The van der Waals surface area contributed by atoms with E-state index in [1.807, 2.05) is 18.2 Å². The molecule has 3 nitrogen and oxygen atoms in total. The zero-order valence-electron chi connectivity index (χ0n) is 10.4. The van der Waals surface area contributed by atoms with E-state index >= 15 is 0 Å². The number of amides is 1. The molecule has 0 spiro atoms. The van der Waals surface area contributed by atoms with Crippen LogP contribution in [0.15, 0.2) is 24.3 Å². The van der Waals surface area contributed by atoms with Gasteiger partial charge in [-0.1, -0.05) is 18.2 Å². The maximum absolute atomic E-state index is 12.4. The summed E-state index contributed by atoms with van der Waals surface area (Å²) in [6.45, 7) is 2.92. The predicted molar refractivity (Wildman–Crippen MR) is 74.3 cm³/mol. The van der Waals surface area contributed by atoms with Crippen molar-refractivity contribution in [3.05, 3.63) is 35.4 Å². The molecule has 3 rings (SSSR count). The van der Waals surface area contributed by atoms with Crippen LogP contribution in [0.4, 0.5) is 0 Å². The lowest BCUT2D eigenvalue weighted by Gasteiger charge is -2.37. The Morgan fingerprint density at radius 2 is 2.11 bits per heavy atom. The van der Waals surface area contributed by atoms with Gasteiger partial charge < -0.3 is 10.2 Å². The van der Waals surface area contributed by atoms with E-state index < -0.39 is 0 Å². The highest BCUT2D eigenvalue weighted by Gasteiger charge is 2.30. The van der Waals surface area contributed by atoms with Gasteiger partial charge in [0.2, 0.25) is 0 Å². The highest BCUT2D eigenvalue weighted by Crippen LogP contribution is 2.22. The van der Waals surface area contributed by atoms with Gasteiger partial charge in [0.25, 0.3) is 5.91 Å². The van der Waals surface area contributed by atoms with Crippen molar-refractivity contribution < 1.29 is 4.79 Å². The van der Waals surface area contributed by atoms with Crippen molar-refractivity contribution in [2.75, 3.05) is 19.6 Å². The Morgan fingerprint density at radius 1 is 1.28 bits per heavy atom. The fourth-order valence-corrected chi connectivity index (χ4v) is 2.89. The molecule has 1 amide bonds. The van der Waals surface area contributed by atoms with Crippen LogP contribution in [-0.4, -0.2) is 36.5 Å². The van der Waals surface area contributed by atoms with Crippen molar-refractivity contribution in [1.29, 1.82) is 0 Å². The second-order valence-corrected chi connectivity index (χ2v) is 4.91. The Bertz CT molecular complexity index is 430. The number of nitrogens with zero attached hydrogens (tertiary/aromatic N) is 1. The Labute approximate surface area is 114 Å². The molecular weight excluding hydrogens is 248 g/mol. The summed E-state index contributed by atoms with van der Waals surface area (Å²) in [5, 5.41) is 3.38. The van der Waals surface area contributed by atoms with Crippen LogP contribution in [-0.2, 0) is 6.42 Å². The molecule has 0 bridgehead atoms. The highest BCUT2D eigenvalue weighted by atomic mass is 35.5. The van der Waals surface area contributed by atoms with Crippen LogP contribution in [0.1, 0.15) is 28.8 Å². The van der Waals surface area contributed by atoms with Crippen LogP contribution in [0, 0.1) is 0 Å². The smallest absolute Gasteiger partial charge is 0.254 e. The van der Waals surface area contributed by atoms with Gasteiger partial charge in [0.1, 0.15) is 0 Å². The molecule has 0 aliphatic carbocycles. The van der Waals surface area contributed by atoms with Crippen molar-refractivity contribution in [2.24, 2.45) is 0 Å². The van der Waals surface area contributed by atoms with E-state index in [1.165, 1.54) is 12.0 Å². The number of carbonyl (C=O) groups excluding carboxylic acids is 1. The fraction of sp³-hybridized carbons (Fsp3) is 0.500. The van der Waals surface area contributed by atoms with Crippen LogP contribution in [0.2, 0.25) is 0 Å². The SMILES string of the molecule is Cl.O=C1c2ccccc2CCN1[C@@H]1CCCNC1. The van der Waals surface area contributed by atoms with Crippen LogP contribution in [0.25, 0.3) is 0 Å². The van der Waals surface area contributed by atoms with Gasteiger partial charge >= 0.3 is 0 Å². The monoisotopic (exact) mass is 266 g/mol. The molecule has 0 radical (unpaired) electrons. The molecule has 2 heterocycles. The zero-order chi connectivity index (χ0) is 11.7. The first kappa shape index (κ1) is 13.4. The molecule has 4 heteroatoms. The fourth-order valence-electron chi connectivity index (χ4n) is 2.89. The third kappa shape index (κ3) is 2.38. The van der Waals surface area contributed by atoms with Gasteiger partial charge in [-0.3, -0.25) is 4.79 Å². The molecule has 0 aromatic heterocycles. The van der Waals surface area contributed by atoms with Gasteiger partial charge in [0.05, 0.1) is 0 Å². The lowest BCUT2D eigenvalue weighted by Crippen LogP contribution is -2.51. The Hall–Kier alpha value is -1.06. The van der Waals surface area contributed by atoms with Crippen LogP contribution >= 0.6 is 12.4 Å². The summed E-state index contributed by atoms with van der Waals surface area (Å²) in [5.74, 6) is 0.223. The lowest BCUT2D eigenvalue weighted by atomic mass is 9.96. The Balaban J connectivity index is 0.00000120. The summed E-state index contributed by atoms with van der Waals surface area (Å²) in [6, 6.07) is 8.40. The minimum atomic E-state index is 0. The molecule has 1 saturated heterocycles. The maximum Gasteiger partial charge on any atom is 0.254 e. The summed E-state index contributed by atoms with van der Waals surface area (Å²) < 4.78 is 0. The number of carbonyl (C=O) groups is 1. The van der Waals surface area contributed by atoms with Gasteiger partial charge in [-0.15, -0.1) is 12.4 Å². The molecule has 1 fully saturated rings. The minimum absolute atomic E-state index is 0. The first-order valence-corrected chi connectivity index (χ1v) is 6.46. The van der Waals surface area contributed by atoms with Crippen LogP contribution in [0.3, 0.4) is 0 Å². The molecule has 0 saturated carbocycles. The largest absolute Gasteiger partial charge is 0.334 e. The molecule has 18 heavy (non-hydrogen) atoms. The number of benzene rings is 1. The van der Waals surface area contributed by atoms with Gasteiger partial charge in [-0.2, -0.15) is 0 Å². The number of fused-ring (bicyclic) bond motifs is 1. The first-order chi connectivity index (χ1) is 8.36. The molecule has 1 aromatic rings. The van der Waals surface area contributed by atoms with Crippen LogP contribution in [0.5, 0.6) is 0 Å². The number of nitrogens with one attached hydrogen (secondary N) is 1. The first-order valence-electron chi connectivity index (χ1n) is 6.46. The topological polar surface area (TPSA) is 32.3 Å². The van der Waals surface area contributed by atoms with Gasteiger partial charge in [-0.05, 0) is 37.4 Å². The number of rotatable bonds is 1. The van der Waals surface area contributed by atoms with Gasteiger partial charge in [-0.25, -0.2) is 0 Å². The number of halogens is 1. The molecule has 2 aliphatic heterocycles. The quantitative estimate of drug-likeness (QED) is 0.842. The Morgan fingerprint density at radius 3 is 2.89 bits per heavy atom. The van der Waals surface area contributed by atoms with Crippen molar-refractivity contribution >= 4 is 18.3 Å². The number of hydrogen-bond donors (Lipinski definition) is 1. The van der Waals surface area contributed by atoms with E-state index in [9.17, 15) is 4.79 Å². The van der Waals surface area contributed by atoms with Crippen LogP contribution < -0.4 is 5.32 Å². The molecule has 1 atom stereocenters.